The van der Waals surface area contributed by atoms with Crippen LogP contribution in [0.2, 0.25) is 0 Å². The molecule has 5 nitrogen and oxygen atoms in total. The maximum absolute atomic E-state index is 8.78. The van der Waals surface area contributed by atoms with E-state index in [0.29, 0.717) is 5.56 Å². The van der Waals surface area contributed by atoms with Crippen LogP contribution in [0.1, 0.15) is 19.4 Å². The molecule has 5 heteroatoms. The highest BCUT2D eigenvalue weighted by atomic mass is 16.5. The lowest BCUT2D eigenvalue weighted by Gasteiger charge is -2.24. The molecular formula is C12H19N3O2. The van der Waals surface area contributed by atoms with Crippen LogP contribution >= 0.6 is 0 Å². The molecule has 0 aliphatic carbocycles. The quantitative estimate of drug-likeness (QED) is 0.353. The van der Waals surface area contributed by atoms with Gasteiger partial charge in [-0.1, -0.05) is 5.16 Å². The van der Waals surface area contributed by atoms with Gasteiger partial charge in [-0.3, -0.25) is 0 Å². The monoisotopic (exact) mass is 237 g/mol. The summed E-state index contributed by atoms with van der Waals surface area (Å²) in [4.78, 5) is 2.12. The van der Waals surface area contributed by atoms with Gasteiger partial charge in [0.1, 0.15) is 5.75 Å². The summed E-state index contributed by atoms with van der Waals surface area (Å²) < 4.78 is 5.19. The molecule has 1 aromatic carbocycles. The number of benzene rings is 1. The Hall–Kier alpha value is -1.91. The lowest BCUT2D eigenvalue weighted by atomic mass is 10.1. The third-order valence-corrected chi connectivity index (χ3v) is 2.69. The van der Waals surface area contributed by atoms with Crippen molar-refractivity contribution >= 4 is 11.5 Å². The van der Waals surface area contributed by atoms with Crippen molar-refractivity contribution in [2.45, 2.75) is 13.8 Å². The predicted octanol–water partition coefficient (Wildman–Crippen LogP) is 1.64. The van der Waals surface area contributed by atoms with Gasteiger partial charge in [0.15, 0.2) is 5.84 Å². The molecule has 0 unspecified atom stereocenters. The summed E-state index contributed by atoms with van der Waals surface area (Å²) in [6.45, 7) is 5.79. The van der Waals surface area contributed by atoms with Crippen LogP contribution in [0.25, 0.3) is 0 Å². The van der Waals surface area contributed by atoms with Crippen LogP contribution in [0.5, 0.6) is 5.75 Å². The second kappa shape index (κ2) is 5.98. The standard InChI is InChI=1S/C12H19N3O2/c1-4-15(5-2)11-8-9(17-3)6-7-10(11)12(13)14-16/h6-8,16H,4-5H2,1-3H3,(H2,13,14). The van der Waals surface area contributed by atoms with E-state index in [4.69, 9.17) is 15.7 Å². The lowest BCUT2D eigenvalue weighted by Crippen LogP contribution is -2.26. The Bertz CT molecular complexity index is 401. The van der Waals surface area contributed by atoms with Gasteiger partial charge in [0.05, 0.1) is 12.8 Å². The van der Waals surface area contributed by atoms with E-state index in [9.17, 15) is 0 Å². The summed E-state index contributed by atoms with van der Waals surface area (Å²) in [6.07, 6.45) is 0. The molecule has 0 amide bonds. The summed E-state index contributed by atoms with van der Waals surface area (Å²) in [6, 6.07) is 5.47. The molecular weight excluding hydrogens is 218 g/mol. The summed E-state index contributed by atoms with van der Waals surface area (Å²) in [5.74, 6) is 0.857. The van der Waals surface area contributed by atoms with Crippen LogP contribution in [0.15, 0.2) is 23.4 Å². The Kier molecular flexibility index (Phi) is 4.63. The summed E-state index contributed by atoms with van der Waals surface area (Å²) in [7, 11) is 1.62. The van der Waals surface area contributed by atoms with Gasteiger partial charge in [0.2, 0.25) is 0 Å². The zero-order valence-corrected chi connectivity index (χ0v) is 10.5. The third kappa shape index (κ3) is 2.81. The molecule has 3 N–H and O–H groups in total. The molecule has 0 saturated carbocycles. The summed E-state index contributed by atoms with van der Waals surface area (Å²) in [5, 5.41) is 11.8. The van der Waals surface area contributed by atoms with Gasteiger partial charge in [-0.2, -0.15) is 0 Å². The maximum Gasteiger partial charge on any atom is 0.172 e. The van der Waals surface area contributed by atoms with E-state index >= 15 is 0 Å². The van der Waals surface area contributed by atoms with Crippen LogP contribution in [0.3, 0.4) is 0 Å². The van der Waals surface area contributed by atoms with Crippen LogP contribution in [-0.2, 0) is 0 Å². The van der Waals surface area contributed by atoms with Gasteiger partial charge < -0.3 is 20.6 Å². The maximum atomic E-state index is 8.78. The van der Waals surface area contributed by atoms with E-state index in [1.165, 1.54) is 0 Å². The molecule has 94 valence electrons. The Morgan fingerprint density at radius 1 is 1.41 bits per heavy atom. The second-order valence-electron chi connectivity index (χ2n) is 3.54. The molecule has 0 atom stereocenters. The zero-order valence-electron chi connectivity index (χ0n) is 10.5. The molecule has 0 aromatic heterocycles. The van der Waals surface area contributed by atoms with Gasteiger partial charge in [0.25, 0.3) is 0 Å². The van der Waals surface area contributed by atoms with E-state index in [1.54, 1.807) is 19.2 Å². The Morgan fingerprint density at radius 2 is 2.06 bits per heavy atom. The van der Waals surface area contributed by atoms with Gasteiger partial charge in [-0.25, -0.2) is 0 Å². The fraction of sp³-hybridized carbons (Fsp3) is 0.417. The number of nitrogens with two attached hydrogens (primary N) is 1. The smallest absolute Gasteiger partial charge is 0.172 e. The highest BCUT2D eigenvalue weighted by Crippen LogP contribution is 2.26. The number of methoxy groups -OCH3 is 1. The SMILES string of the molecule is CCN(CC)c1cc(OC)ccc1/C(N)=N/O. The fourth-order valence-corrected chi connectivity index (χ4v) is 1.73. The van der Waals surface area contributed by atoms with Gasteiger partial charge >= 0.3 is 0 Å². The number of hydrogen-bond acceptors (Lipinski definition) is 4. The largest absolute Gasteiger partial charge is 0.497 e. The van der Waals surface area contributed by atoms with Gasteiger partial charge in [-0.05, 0) is 26.0 Å². The molecule has 0 fully saturated rings. The second-order valence-corrected chi connectivity index (χ2v) is 3.54. The Morgan fingerprint density at radius 3 is 2.53 bits per heavy atom. The molecule has 1 aromatic rings. The first-order valence-corrected chi connectivity index (χ1v) is 5.58. The molecule has 0 saturated heterocycles. The van der Waals surface area contributed by atoms with E-state index in [0.717, 1.165) is 24.5 Å². The first-order valence-electron chi connectivity index (χ1n) is 5.58. The van der Waals surface area contributed by atoms with Crippen LogP contribution in [-0.4, -0.2) is 31.2 Å². The number of oxime groups is 1. The van der Waals surface area contributed by atoms with Crippen molar-refractivity contribution in [3.8, 4) is 5.75 Å². The van der Waals surface area contributed by atoms with Gasteiger partial charge in [-0.15, -0.1) is 0 Å². The first kappa shape index (κ1) is 13.2. The number of hydrogen-bond donors (Lipinski definition) is 2. The van der Waals surface area contributed by atoms with Crippen molar-refractivity contribution in [3.63, 3.8) is 0 Å². The van der Waals surface area contributed by atoms with E-state index < -0.39 is 0 Å². The number of nitrogens with zero attached hydrogens (tertiary/aromatic N) is 2. The minimum absolute atomic E-state index is 0.106. The van der Waals surface area contributed by atoms with Gasteiger partial charge in [0, 0.05) is 24.7 Å². The molecule has 0 heterocycles. The normalized spacial score (nSPS) is 11.4. The topological polar surface area (TPSA) is 71.1 Å². The number of rotatable bonds is 5. The van der Waals surface area contributed by atoms with Crippen LogP contribution < -0.4 is 15.4 Å². The molecule has 17 heavy (non-hydrogen) atoms. The lowest BCUT2D eigenvalue weighted by molar-refractivity contribution is 0.318. The summed E-state index contributed by atoms with van der Waals surface area (Å²) in [5.41, 5.74) is 7.28. The Labute approximate surface area is 101 Å². The molecule has 0 spiro atoms. The van der Waals surface area contributed by atoms with Crippen LogP contribution in [0.4, 0.5) is 5.69 Å². The summed E-state index contributed by atoms with van der Waals surface area (Å²) >= 11 is 0. The molecule has 0 bridgehead atoms. The van der Waals surface area contributed by atoms with Crippen molar-refractivity contribution in [1.29, 1.82) is 0 Å². The number of amidine groups is 1. The molecule has 0 radical (unpaired) electrons. The van der Waals surface area contributed by atoms with Crippen molar-refractivity contribution < 1.29 is 9.94 Å². The molecule has 0 aliphatic heterocycles. The van der Waals surface area contributed by atoms with Crippen molar-refractivity contribution in [2.24, 2.45) is 10.9 Å². The fourth-order valence-electron chi connectivity index (χ4n) is 1.73. The number of ether oxygens (including phenoxy) is 1. The average Bonchev–Trinajstić information content (AvgIpc) is 2.39. The first-order chi connectivity index (χ1) is 8.17. The third-order valence-electron chi connectivity index (χ3n) is 2.69. The molecule has 1 rings (SSSR count). The molecule has 0 aliphatic rings. The minimum atomic E-state index is 0.106. The van der Waals surface area contributed by atoms with Crippen molar-refractivity contribution in [2.75, 3.05) is 25.1 Å². The minimum Gasteiger partial charge on any atom is -0.497 e. The van der Waals surface area contributed by atoms with Crippen LogP contribution in [0, 0.1) is 0 Å². The van der Waals surface area contributed by atoms with E-state index in [2.05, 4.69) is 23.9 Å². The van der Waals surface area contributed by atoms with E-state index in [-0.39, 0.29) is 5.84 Å². The average molecular weight is 237 g/mol. The predicted molar refractivity (Wildman–Crippen MR) is 69.1 cm³/mol. The number of anilines is 1. The highest BCUT2D eigenvalue weighted by Gasteiger charge is 2.13. The van der Waals surface area contributed by atoms with E-state index in [1.807, 2.05) is 6.07 Å². The highest BCUT2D eigenvalue weighted by molar-refractivity contribution is 6.02. The zero-order chi connectivity index (χ0) is 12.8. The Balaban J connectivity index is 3.29. The van der Waals surface area contributed by atoms with Crippen molar-refractivity contribution in [3.05, 3.63) is 23.8 Å². The van der Waals surface area contributed by atoms with Crippen molar-refractivity contribution in [1.82, 2.24) is 0 Å².